The molecule has 5 nitrogen and oxygen atoms in total. The third kappa shape index (κ3) is 3.87. The van der Waals surface area contributed by atoms with E-state index in [4.69, 9.17) is 15.0 Å². The van der Waals surface area contributed by atoms with Gasteiger partial charge >= 0.3 is 0 Å². The van der Waals surface area contributed by atoms with E-state index in [-0.39, 0.29) is 18.6 Å². The molecule has 0 radical (unpaired) electrons. The van der Waals surface area contributed by atoms with Gasteiger partial charge in [0.25, 0.3) is 5.89 Å². The molecule has 1 aromatic heterocycles. The highest BCUT2D eigenvalue weighted by Gasteiger charge is 2.28. The van der Waals surface area contributed by atoms with Crippen molar-refractivity contribution >= 4 is 15.9 Å². The van der Waals surface area contributed by atoms with E-state index in [1.165, 1.54) is 6.07 Å². The molecular weight excluding hydrogens is 341 g/mol. The van der Waals surface area contributed by atoms with Crippen LogP contribution in [0.4, 0.5) is 4.39 Å². The van der Waals surface area contributed by atoms with Crippen molar-refractivity contribution in [3.8, 4) is 11.5 Å². The molecule has 2 aromatic rings. The number of nitrogens with zero attached hydrogens (tertiary/aromatic N) is 2. The average Bonchev–Trinajstić information content (AvgIpc) is 2.90. The number of ether oxygens (including phenoxy) is 1. The molecular formula is C14H17BrFN3O2. The lowest BCUT2D eigenvalue weighted by Gasteiger charge is -2.21. The summed E-state index contributed by atoms with van der Waals surface area (Å²) in [6.45, 7) is 5.86. The van der Waals surface area contributed by atoms with Crippen molar-refractivity contribution in [1.82, 2.24) is 10.1 Å². The van der Waals surface area contributed by atoms with E-state index in [1.54, 1.807) is 19.1 Å². The Balaban J connectivity index is 2.22. The Kier molecular flexibility index (Phi) is 4.75. The van der Waals surface area contributed by atoms with E-state index >= 15 is 0 Å². The van der Waals surface area contributed by atoms with E-state index in [0.717, 1.165) is 0 Å². The van der Waals surface area contributed by atoms with Crippen molar-refractivity contribution in [3.05, 3.63) is 34.3 Å². The van der Waals surface area contributed by atoms with Gasteiger partial charge in [-0.2, -0.15) is 4.98 Å². The molecule has 0 fully saturated rings. The van der Waals surface area contributed by atoms with Crippen molar-refractivity contribution in [3.63, 3.8) is 0 Å². The van der Waals surface area contributed by atoms with Gasteiger partial charge < -0.3 is 15.0 Å². The van der Waals surface area contributed by atoms with E-state index in [9.17, 15) is 4.39 Å². The number of rotatable bonds is 5. The van der Waals surface area contributed by atoms with Crippen LogP contribution in [-0.2, 0) is 10.3 Å². The fourth-order valence-corrected chi connectivity index (χ4v) is 1.85. The smallest absolute Gasteiger partial charge is 0.258 e. The maximum absolute atomic E-state index is 13.5. The minimum absolute atomic E-state index is 0.0554. The molecule has 0 bridgehead atoms. The van der Waals surface area contributed by atoms with Crippen molar-refractivity contribution < 1.29 is 13.7 Å². The van der Waals surface area contributed by atoms with Crippen LogP contribution in [0.25, 0.3) is 11.5 Å². The molecule has 1 atom stereocenters. The topological polar surface area (TPSA) is 74.2 Å². The summed E-state index contributed by atoms with van der Waals surface area (Å²) in [5, 5.41) is 3.87. The Morgan fingerprint density at radius 2 is 2.19 bits per heavy atom. The lowest BCUT2D eigenvalue weighted by molar-refractivity contribution is 0.0410. The number of hydrogen-bond acceptors (Lipinski definition) is 5. The zero-order valence-corrected chi connectivity index (χ0v) is 13.6. The summed E-state index contributed by atoms with van der Waals surface area (Å²) < 4.78 is 24.6. The third-order valence-electron chi connectivity index (χ3n) is 2.82. The maximum atomic E-state index is 13.5. The second-order valence-corrected chi connectivity index (χ2v) is 6.18. The van der Waals surface area contributed by atoms with E-state index < -0.39 is 11.4 Å². The lowest BCUT2D eigenvalue weighted by Crippen LogP contribution is -2.40. The highest BCUT2D eigenvalue weighted by molar-refractivity contribution is 9.10. The van der Waals surface area contributed by atoms with Gasteiger partial charge in [-0.05, 0) is 54.9 Å². The molecule has 0 aliphatic carbocycles. The first-order chi connectivity index (χ1) is 9.79. The van der Waals surface area contributed by atoms with Crippen LogP contribution < -0.4 is 5.73 Å². The van der Waals surface area contributed by atoms with Crippen molar-refractivity contribution in [1.29, 1.82) is 0 Å². The number of aromatic nitrogens is 2. The summed E-state index contributed by atoms with van der Waals surface area (Å²) in [7, 11) is 0. The van der Waals surface area contributed by atoms with Gasteiger partial charge in [0, 0.05) is 5.56 Å². The first kappa shape index (κ1) is 16.1. The Morgan fingerprint density at radius 1 is 1.48 bits per heavy atom. The molecule has 0 aliphatic rings. The molecule has 0 amide bonds. The first-order valence-corrected chi connectivity index (χ1v) is 7.29. The summed E-state index contributed by atoms with van der Waals surface area (Å²) in [4.78, 5) is 4.24. The van der Waals surface area contributed by atoms with Gasteiger partial charge in [0.05, 0.1) is 17.2 Å². The monoisotopic (exact) mass is 357 g/mol. The van der Waals surface area contributed by atoms with E-state index in [2.05, 4.69) is 26.1 Å². The summed E-state index contributed by atoms with van der Waals surface area (Å²) in [5.41, 5.74) is 5.76. The molecule has 1 unspecified atom stereocenters. The zero-order valence-electron chi connectivity index (χ0n) is 12.1. The van der Waals surface area contributed by atoms with Crippen molar-refractivity contribution in [2.75, 3.05) is 6.61 Å². The van der Waals surface area contributed by atoms with Gasteiger partial charge in [0.15, 0.2) is 5.82 Å². The van der Waals surface area contributed by atoms with Crippen LogP contribution in [0.1, 0.15) is 26.6 Å². The van der Waals surface area contributed by atoms with Crippen LogP contribution >= 0.6 is 15.9 Å². The number of hydrogen-bond donors (Lipinski definition) is 1. The normalized spacial score (nSPS) is 14.4. The lowest BCUT2D eigenvalue weighted by atomic mass is 10.1. The Labute approximate surface area is 130 Å². The van der Waals surface area contributed by atoms with Gasteiger partial charge in [-0.25, -0.2) is 4.39 Å². The summed E-state index contributed by atoms with van der Waals surface area (Å²) >= 11 is 3.09. The molecule has 1 aromatic carbocycles. The molecule has 7 heteroatoms. The second kappa shape index (κ2) is 6.21. The van der Waals surface area contributed by atoms with Crippen LogP contribution in [0.15, 0.2) is 27.2 Å². The van der Waals surface area contributed by atoms with Crippen LogP contribution in [0.2, 0.25) is 0 Å². The van der Waals surface area contributed by atoms with Crippen LogP contribution in [-0.4, -0.2) is 22.9 Å². The number of nitrogens with two attached hydrogens (primary N) is 1. The summed E-state index contributed by atoms with van der Waals surface area (Å²) in [6, 6.07) is 4.58. The highest BCUT2D eigenvalue weighted by atomic mass is 79.9. The molecule has 21 heavy (non-hydrogen) atoms. The second-order valence-electron chi connectivity index (χ2n) is 5.33. The molecule has 1 heterocycles. The van der Waals surface area contributed by atoms with Gasteiger partial charge in [0.1, 0.15) is 11.4 Å². The molecule has 2 N–H and O–H groups in total. The van der Waals surface area contributed by atoms with Gasteiger partial charge in [-0.15, -0.1) is 0 Å². The zero-order chi connectivity index (χ0) is 15.6. The molecule has 0 aliphatic heterocycles. The fraction of sp³-hybridized carbons (Fsp3) is 0.429. The minimum Gasteiger partial charge on any atom is -0.376 e. The molecule has 0 saturated carbocycles. The first-order valence-electron chi connectivity index (χ1n) is 6.49. The molecule has 114 valence electrons. The third-order valence-corrected chi connectivity index (χ3v) is 3.46. The highest BCUT2D eigenvalue weighted by Crippen LogP contribution is 2.25. The Bertz CT molecular complexity index is 628. The maximum Gasteiger partial charge on any atom is 0.258 e. The predicted molar refractivity (Wildman–Crippen MR) is 80.0 cm³/mol. The summed E-state index contributed by atoms with van der Waals surface area (Å²) in [6.07, 6.45) is 0.0554. The van der Waals surface area contributed by atoms with Gasteiger partial charge in [-0.3, -0.25) is 0 Å². The standard InChI is InChI=1S/C14H17BrFN3O2/c1-8(2)20-7-14(3,17)13-18-12(21-19-13)9-4-5-10(15)11(16)6-9/h4-6,8H,7,17H2,1-3H3. The minimum atomic E-state index is -0.875. The SMILES string of the molecule is CC(C)OCC(C)(N)c1noc(-c2ccc(Br)c(F)c2)n1. The van der Waals surface area contributed by atoms with E-state index in [0.29, 0.717) is 15.9 Å². The van der Waals surface area contributed by atoms with Crippen LogP contribution in [0.5, 0.6) is 0 Å². The predicted octanol–water partition coefficient (Wildman–Crippen LogP) is 3.24. The largest absolute Gasteiger partial charge is 0.376 e. The summed E-state index contributed by atoms with van der Waals surface area (Å²) in [5.74, 6) is 0.144. The molecule has 0 spiro atoms. The Hall–Kier alpha value is -1.31. The quantitative estimate of drug-likeness (QED) is 0.888. The van der Waals surface area contributed by atoms with Crippen LogP contribution in [0, 0.1) is 5.82 Å². The van der Waals surface area contributed by atoms with Gasteiger partial charge in [0.2, 0.25) is 0 Å². The fourth-order valence-electron chi connectivity index (χ4n) is 1.61. The molecule has 0 saturated heterocycles. The van der Waals surface area contributed by atoms with Crippen molar-refractivity contribution in [2.45, 2.75) is 32.4 Å². The van der Waals surface area contributed by atoms with Crippen molar-refractivity contribution in [2.24, 2.45) is 5.73 Å². The molecule has 2 rings (SSSR count). The van der Waals surface area contributed by atoms with Crippen LogP contribution in [0.3, 0.4) is 0 Å². The van der Waals surface area contributed by atoms with Gasteiger partial charge in [-0.1, -0.05) is 5.16 Å². The van der Waals surface area contributed by atoms with E-state index in [1.807, 2.05) is 13.8 Å². The number of benzene rings is 1. The number of halogens is 2. The average molecular weight is 358 g/mol. The Morgan fingerprint density at radius 3 is 2.81 bits per heavy atom.